The van der Waals surface area contributed by atoms with Gasteiger partial charge in [-0.05, 0) is 19.9 Å². The molecule has 1 amide bonds. The van der Waals surface area contributed by atoms with Gasteiger partial charge in [-0.3, -0.25) is 9.69 Å². The Kier molecular flexibility index (Phi) is 6.33. The number of nitrogens with zero attached hydrogens (tertiary/aromatic N) is 3. The van der Waals surface area contributed by atoms with Crippen LogP contribution in [0.5, 0.6) is 0 Å². The maximum absolute atomic E-state index is 11.7. The maximum Gasteiger partial charge on any atom is 0.234 e. The largest absolute Gasteiger partial charge is 0.355 e. The summed E-state index contributed by atoms with van der Waals surface area (Å²) in [7, 11) is 1.86. The van der Waals surface area contributed by atoms with Crippen LogP contribution in [-0.2, 0) is 11.3 Å². The number of nitrogens with one attached hydrogen (secondary N) is 2. The Morgan fingerprint density at radius 1 is 1.45 bits per heavy atom. The van der Waals surface area contributed by atoms with Gasteiger partial charge < -0.3 is 10.7 Å². The number of carbonyl (C=O) groups excluding carboxylic acids is 1. The Bertz CT molecular complexity index is 448. The summed E-state index contributed by atoms with van der Waals surface area (Å²) in [6, 6.07) is 1.76. The van der Waals surface area contributed by atoms with Crippen LogP contribution in [0.4, 0.5) is 5.82 Å². The normalized spacial score (nSPS) is 10.9. The molecule has 7 heteroatoms. The number of aryl methyl sites for hydroxylation is 1. The van der Waals surface area contributed by atoms with E-state index in [-0.39, 0.29) is 5.91 Å². The first kappa shape index (κ1) is 16.3. The fourth-order valence-corrected chi connectivity index (χ4v) is 1.69. The number of hydrazine groups is 1. The van der Waals surface area contributed by atoms with Crippen molar-refractivity contribution in [2.75, 3.05) is 25.6 Å². The zero-order chi connectivity index (χ0) is 15.1. The Morgan fingerprint density at radius 3 is 2.75 bits per heavy atom. The van der Waals surface area contributed by atoms with E-state index >= 15 is 0 Å². The molecule has 0 spiro atoms. The molecule has 1 heterocycles. The van der Waals surface area contributed by atoms with Crippen LogP contribution in [0.1, 0.15) is 25.4 Å². The van der Waals surface area contributed by atoms with Gasteiger partial charge in [-0.1, -0.05) is 13.8 Å². The summed E-state index contributed by atoms with van der Waals surface area (Å²) in [6.07, 6.45) is 0. The predicted molar refractivity (Wildman–Crippen MR) is 78.8 cm³/mol. The third kappa shape index (κ3) is 5.94. The molecule has 20 heavy (non-hydrogen) atoms. The van der Waals surface area contributed by atoms with Gasteiger partial charge in [0.2, 0.25) is 5.91 Å². The van der Waals surface area contributed by atoms with Crippen LogP contribution in [-0.4, -0.2) is 40.9 Å². The number of nitrogen functional groups attached to an aromatic ring is 1. The molecule has 7 nitrogen and oxygen atoms in total. The van der Waals surface area contributed by atoms with Crippen LogP contribution in [0.2, 0.25) is 0 Å². The summed E-state index contributed by atoms with van der Waals surface area (Å²) >= 11 is 0. The molecule has 0 saturated carbocycles. The molecule has 1 aromatic rings. The van der Waals surface area contributed by atoms with E-state index in [1.165, 1.54) is 0 Å². The lowest BCUT2D eigenvalue weighted by molar-refractivity contribution is -0.122. The topological polar surface area (TPSA) is 96.2 Å². The molecule has 1 rings (SSSR count). The number of rotatable bonds is 7. The van der Waals surface area contributed by atoms with Crippen molar-refractivity contribution in [3.05, 3.63) is 17.6 Å². The predicted octanol–water partition coefficient (Wildman–Crippen LogP) is 0.275. The van der Waals surface area contributed by atoms with Gasteiger partial charge in [0.1, 0.15) is 11.6 Å². The van der Waals surface area contributed by atoms with Gasteiger partial charge in [-0.2, -0.15) is 0 Å². The van der Waals surface area contributed by atoms with Crippen LogP contribution in [0.3, 0.4) is 0 Å². The lowest BCUT2D eigenvalue weighted by Crippen LogP contribution is -2.36. The zero-order valence-corrected chi connectivity index (χ0v) is 12.6. The van der Waals surface area contributed by atoms with Gasteiger partial charge in [0.25, 0.3) is 0 Å². The molecule has 0 aliphatic rings. The first-order valence-electron chi connectivity index (χ1n) is 6.67. The standard InChI is InChI=1S/C13H24N6O/c1-9(2)6-15-13(20)8-19(4)7-12-16-10(3)5-11(17-12)18-14/h5,9H,6-8,14H2,1-4H3,(H,15,20)(H,16,17,18). The lowest BCUT2D eigenvalue weighted by atomic mass is 10.2. The van der Waals surface area contributed by atoms with Crippen molar-refractivity contribution < 1.29 is 4.79 Å². The highest BCUT2D eigenvalue weighted by Gasteiger charge is 2.10. The molecule has 0 fully saturated rings. The minimum absolute atomic E-state index is 0.00558. The lowest BCUT2D eigenvalue weighted by Gasteiger charge is -2.16. The van der Waals surface area contributed by atoms with Crippen LogP contribution in [0, 0.1) is 12.8 Å². The molecule has 4 N–H and O–H groups in total. The Hall–Kier alpha value is -1.73. The molecule has 0 radical (unpaired) electrons. The average Bonchev–Trinajstić information content (AvgIpc) is 2.35. The number of hydrogen-bond acceptors (Lipinski definition) is 6. The third-order valence-electron chi connectivity index (χ3n) is 2.58. The van der Waals surface area contributed by atoms with Crippen LogP contribution < -0.4 is 16.6 Å². The number of nitrogens with two attached hydrogens (primary N) is 1. The molecule has 0 aromatic carbocycles. The molecule has 0 saturated heterocycles. The monoisotopic (exact) mass is 280 g/mol. The van der Waals surface area contributed by atoms with E-state index in [4.69, 9.17) is 5.84 Å². The van der Waals surface area contributed by atoms with E-state index in [0.717, 1.165) is 5.69 Å². The minimum Gasteiger partial charge on any atom is -0.355 e. The molecule has 0 atom stereocenters. The van der Waals surface area contributed by atoms with Crippen molar-refractivity contribution in [3.8, 4) is 0 Å². The summed E-state index contributed by atoms with van der Waals surface area (Å²) in [6.45, 7) is 7.49. The summed E-state index contributed by atoms with van der Waals surface area (Å²) in [5.41, 5.74) is 3.34. The van der Waals surface area contributed by atoms with Gasteiger partial charge in [0.05, 0.1) is 13.1 Å². The molecular weight excluding hydrogens is 256 g/mol. The highest BCUT2D eigenvalue weighted by Crippen LogP contribution is 2.06. The van der Waals surface area contributed by atoms with E-state index < -0.39 is 0 Å². The molecule has 112 valence electrons. The van der Waals surface area contributed by atoms with Gasteiger partial charge in [-0.25, -0.2) is 15.8 Å². The van der Waals surface area contributed by atoms with E-state index in [0.29, 0.717) is 37.2 Å². The molecule has 0 bridgehead atoms. The van der Waals surface area contributed by atoms with Gasteiger partial charge in [-0.15, -0.1) is 0 Å². The molecule has 1 aromatic heterocycles. The number of aromatic nitrogens is 2. The van der Waals surface area contributed by atoms with Crippen molar-refractivity contribution in [2.24, 2.45) is 11.8 Å². The van der Waals surface area contributed by atoms with Crippen molar-refractivity contribution in [2.45, 2.75) is 27.3 Å². The van der Waals surface area contributed by atoms with Crippen molar-refractivity contribution in [3.63, 3.8) is 0 Å². The highest BCUT2D eigenvalue weighted by atomic mass is 16.2. The fraction of sp³-hybridized carbons (Fsp3) is 0.615. The summed E-state index contributed by atoms with van der Waals surface area (Å²) < 4.78 is 0. The maximum atomic E-state index is 11.7. The van der Waals surface area contributed by atoms with E-state index in [9.17, 15) is 4.79 Å². The van der Waals surface area contributed by atoms with E-state index in [1.54, 1.807) is 6.07 Å². The first-order chi connectivity index (χ1) is 9.40. The second kappa shape index (κ2) is 7.76. The Morgan fingerprint density at radius 2 is 2.15 bits per heavy atom. The van der Waals surface area contributed by atoms with Crippen molar-refractivity contribution >= 4 is 11.7 Å². The fourth-order valence-electron chi connectivity index (χ4n) is 1.69. The third-order valence-corrected chi connectivity index (χ3v) is 2.58. The SMILES string of the molecule is Cc1cc(NN)nc(CN(C)CC(=O)NCC(C)C)n1. The Balaban J connectivity index is 2.51. The number of anilines is 1. The van der Waals surface area contributed by atoms with E-state index in [1.807, 2.05) is 18.9 Å². The molecule has 0 unspecified atom stereocenters. The zero-order valence-electron chi connectivity index (χ0n) is 12.6. The average molecular weight is 280 g/mol. The van der Waals surface area contributed by atoms with Crippen molar-refractivity contribution in [1.29, 1.82) is 0 Å². The minimum atomic E-state index is 0.00558. The smallest absolute Gasteiger partial charge is 0.234 e. The number of carbonyl (C=O) groups is 1. The summed E-state index contributed by atoms with van der Waals surface area (Å²) in [5.74, 6) is 7.01. The summed E-state index contributed by atoms with van der Waals surface area (Å²) in [4.78, 5) is 22.2. The quantitative estimate of drug-likeness (QED) is 0.490. The van der Waals surface area contributed by atoms with Crippen LogP contribution >= 0.6 is 0 Å². The van der Waals surface area contributed by atoms with Crippen molar-refractivity contribution in [1.82, 2.24) is 20.2 Å². The highest BCUT2D eigenvalue weighted by molar-refractivity contribution is 5.77. The van der Waals surface area contributed by atoms with Gasteiger partial charge >= 0.3 is 0 Å². The summed E-state index contributed by atoms with van der Waals surface area (Å²) in [5, 5.41) is 2.88. The van der Waals surface area contributed by atoms with Gasteiger partial charge in [0.15, 0.2) is 0 Å². The van der Waals surface area contributed by atoms with E-state index in [2.05, 4.69) is 34.6 Å². The van der Waals surface area contributed by atoms with Crippen LogP contribution in [0.15, 0.2) is 6.07 Å². The molecule has 0 aliphatic heterocycles. The second-order valence-electron chi connectivity index (χ2n) is 5.33. The Labute approximate surface area is 119 Å². The molecule has 0 aliphatic carbocycles. The number of likely N-dealkylation sites (N-methyl/N-ethyl adjacent to an activating group) is 1. The van der Waals surface area contributed by atoms with Crippen LogP contribution in [0.25, 0.3) is 0 Å². The number of hydrogen-bond donors (Lipinski definition) is 3. The molecular formula is C13H24N6O. The second-order valence-corrected chi connectivity index (χ2v) is 5.33. The first-order valence-corrected chi connectivity index (χ1v) is 6.67. The van der Waals surface area contributed by atoms with Gasteiger partial charge in [0, 0.05) is 18.3 Å². The number of amides is 1.